The van der Waals surface area contributed by atoms with E-state index in [0.717, 1.165) is 0 Å². The van der Waals surface area contributed by atoms with Gasteiger partial charge in [-0.1, -0.05) is 11.6 Å². The van der Waals surface area contributed by atoms with E-state index in [4.69, 9.17) is 22.1 Å². The zero-order valence-electron chi connectivity index (χ0n) is 13.1. The maximum Gasteiger partial charge on any atom is 0.411 e. The summed E-state index contributed by atoms with van der Waals surface area (Å²) in [4.78, 5) is 3.89. The van der Waals surface area contributed by atoms with Gasteiger partial charge in [-0.15, -0.1) is 10.2 Å². The Bertz CT molecular complexity index is 533. The molecular formula is C12H19ClF3N5O3. The van der Waals surface area contributed by atoms with Crippen LogP contribution >= 0.6 is 11.6 Å². The minimum absolute atomic E-state index is 0.0168. The SMILES string of the molecule is CC(C)(COCC(O)COCC(F)(F)F)Nc1nnc(Cl)c(N)n1. The first-order valence-corrected chi connectivity index (χ1v) is 7.20. The summed E-state index contributed by atoms with van der Waals surface area (Å²) >= 11 is 5.62. The number of hydrogen-bond acceptors (Lipinski definition) is 8. The highest BCUT2D eigenvalue weighted by atomic mass is 35.5. The summed E-state index contributed by atoms with van der Waals surface area (Å²) in [5.74, 6) is 0.155. The lowest BCUT2D eigenvalue weighted by molar-refractivity contribution is -0.180. The van der Waals surface area contributed by atoms with Gasteiger partial charge in [-0.3, -0.25) is 0 Å². The molecule has 0 spiro atoms. The average molecular weight is 374 g/mol. The summed E-state index contributed by atoms with van der Waals surface area (Å²) in [6, 6.07) is 0. The molecule has 0 fully saturated rings. The van der Waals surface area contributed by atoms with Crippen LogP contribution in [0.25, 0.3) is 0 Å². The van der Waals surface area contributed by atoms with E-state index in [1.54, 1.807) is 13.8 Å². The summed E-state index contributed by atoms with van der Waals surface area (Å²) in [5.41, 5.74) is 4.85. The van der Waals surface area contributed by atoms with Crippen molar-refractivity contribution in [3.8, 4) is 0 Å². The molecule has 1 aromatic rings. The normalized spacial score (nSPS) is 13.8. The number of halogens is 4. The third kappa shape index (κ3) is 8.43. The van der Waals surface area contributed by atoms with Crippen molar-refractivity contribution < 1.29 is 27.8 Å². The molecule has 1 heterocycles. The molecule has 4 N–H and O–H groups in total. The molecule has 0 aromatic carbocycles. The van der Waals surface area contributed by atoms with Crippen LogP contribution < -0.4 is 11.1 Å². The molecule has 0 saturated heterocycles. The zero-order valence-corrected chi connectivity index (χ0v) is 13.9. The van der Waals surface area contributed by atoms with Crippen LogP contribution in [-0.2, 0) is 9.47 Å². The second-order valence-corrected chi connectivity index (χ2v) is 5.98. The molecule has 0 saturated carbocycles. The summed E-state index contributed by atoms with van der Waals surface area (Å²) < 4.78 is 45.3. The van der Waals surface area contributed by atoms with Gasteiger partial charge in [-0.2, -0.15) is 18.2 Å². The van der Waals surface area contributed by atoms with Crippen LogP contribution in [0.4, 0.5) is 24.9 Å². The van der Waals surface area contributed by atoms with E-state index >= 15 is 0 Å². The molecule has 1 aromatic heterocycles. The van der Waals surface area contributed by atoms with Crippen LogP contribution in [0.5, 0.6) is 0 Å². The van der Waals surface area contributed by atoms with E-state index in [0.29, 0.717) is 0 Å². The van der Waals surface area contributed by atoms with E-state index < -0.39 is 31.0 Å². The summed E-state index contributed by atoms with van der Waals surface area (Å²) in [6.07, 6.45) is -5.60. The molecule has 0 radical (unpaired) electrons. The molecule has 0 aliphatic heterocycles. The highest BCUT2D eigenvalue weighted by molar-refractivity contribution is 6.31. The van der Waals surface area contributed by atoms with Crippen molar-refractivity contribution >= 4 is 23.4 Å². The van der Waals surface area contributed by atoms with Gasteiger partial charge in [0.25, 0.3) is 0 Å². The van der Waals surface area contributed by atoms with E-state index in [1.165, 1.54) is 0 Å². The number of nitrogens with zero attached hydrogens (tertiary/aromatic N) is 3. The second kappa shape index (κ2) is 8.60. The molecule has 0 amide bonds. The first-order valence-electron chi connectivity index (χ1n) is 6.83. The molecule has 0 aliphatic carbocycles. The fourth-order valence-corrected chi connectivity index (χ4v) is 1.61. The third-order valence-electron chi connectivity index (χ3n) is 2.47. The van der Waals surface area contributed by atoms with Crippen molar-refractivity contribution in [2.75, 3.05) is 37.5 Å². The van der Waals surface area contributed by atoms with Gasteiger partial charge >= 0.3 is 6.18 Å². The Balaban J connectivity index is 2.33. The quantitative estimate of drug-likeness (QED) is 0.592. The number of nitrogens with two attached hydrogens (primary N) is 1. The lowest BCUT2D eigenvalue weighted by atomic mass is 10.1. The second-order valence-electron chi connectivity index (χ2n) is 5.62. The minimum Gasteiger partial charge on any atom is -0.388 e. The van der Waals surface area contributed by atoms with E-state index in [9.17, 15) is 18.3 Å². The molecule has 0 aliphatic rings. The maximum absolute atomic E-state index is 11.9. The number of hydrogen-bond donors (Lipinski definition) is 3. The smallest absolute Gasteiger partial charge is 0.388 e. The Labute approximate surface area is 141 Å². The van der Waals surface area contributed by atoms with Crippen LogP contribution in [0.15, 0.2) is 0 Å². The van der Waals surface area contributed by atoms with Crippen LogP contribution in [0.1, 0.15) is 13.8 Å². The van der Waals surface area contributed by atoms with Gasteiger partial charge in [0, 0.05) is 0 Å². The lowest BCUT2D eigenvalue weighted by Gasteiger charge is -2.26. The number of anilines is 2. The highest BCUT2D eigenvalue weighted by Gasteiger charge is 2.28. The van der Waals surface area contributed by atoms with Gasteiger partial charge in [0.1, 0.15) is 12.7 Å². The standard InChI is InChI=1S/C12H19ClF3N5O3/c1-11(2,19-10-18-9(17)8(13)20-21-10)5-23-3-7(22)4-24-6-12(14,15)16/h7,22H,3-6H2,1-2H3,(H3,17,18,19,21). The van der Waals surface area contributed by atoms with Crippen LogP contribution in [0, 0.1) is 0 Å². The van der Waals surface area contributed by atoms with Gasteiger partial charge in [-0.05, 0) is 13.8 Å². The largest absolute Gasteiger partial charge is 0.411 e. The number of alkyl halides is 3. The first-order chi connectivity index (χ1) is 11.0. The average Bonchev–Trinajstić information content (AvgIpc) is 2.41. The number of rotatable bonds is 9. The van der Waals surface area contributed by atoms with Gasteiger partial charge in [0.15, 0.2) is 11.0 Å². The maximum atomic E-state index is 11.9. The van der Waals surface area contributed by atoms with Gasteiger partial charge in [0.05, 0.1) is 25.4 Å². The van der Waals surface area contributed by atoms with Crippen molar-refractivity contribution in [1.29, 1.82) is 0 Å². The minimum atomic E-state index is -4.43. The zero-order chi connectivity index (χ0) is 18.4. The van der Waals surface area contributed by atoms with Crippen LogP contribution in [0.2, 0.25) is 5.15 Å². The Hall–Kier alpha value is -1.43. The van der Waals surface area contributed by atoms with Crippen molar-refractivity contribution in [3.05, 3.63) is 5.15 Å². The summed E-state index contributed by atoms with van der Waals surface area (Å²) in [7, 11) is 0. The van der Waals surface area contributed by atoms with Gasteiger partial charge in [-0.25, -0.2) is 0 Å². The molecule has 0 bridgehead atoms. The Morgan fingerprint density at radius 2 is 1.79 bits per heavy atom. The van der Waals surface area contributed by atoms with Crippen LogP contribution in [0.3, 0.4) is 0 Å². The van der Waals surface area contributed by atoms with Gasteiger partial charge in [0.2, 0.25) is 5.95 Å². The van der Waals surface area contributed by atoms with Crippen molar-refractivity contribution in [2.24, 2.45) is 0 Å². The number of nitrogen functional groups attached to an aromatic ring is 1. The summed E-state index contributed by atoms with van der Waals surface area (Å²) in [6.45, 7) is 1.54. The van der Waals surface area contributed by atoms with Crippen molar-refractivity contribution in [1.82, 2.24) is 15.2 Å². The van der Waals surface area contributed by atoms with Crippen LogP contribution in [-0.4, -0.2) is 64.5 Å². The molecular weight excluding hydrogens is 355 g/mol. The Morgan fingerprint density at radius 3 is 2.33 bits per heavy atom. The molecule has 1 atom stereocenters. The molecule has 1 unspecified atom stereocenters. The molecule has 8 nitrogen and oxygen atoms in total. The number of aliphatic hydroxyl groups excluding tert-OH is 1. The fraction of sp³-hybridized carbons (Fsp3) is 0.750. The Kier molecular flexibility index (Phi) is 7.39. The van der Waals surface area contributed by atoms with E-state index in [1.807, 2.05) is 0 Å². The number of ether oxygens (including phenoxy) is 2. The topological polar surface area (TPSA) is 115 Å². The Morgan fingerprint density at radius 1 is 1.21 bits per heavy atom. The van der Waals surface area contributed by atoms with Crippen molar-refractivity contribution in [2.45, 2.75) is 31.7 Å². The molecule has 24 heavy (non-hydrogen) atoms. The first kappa shape index (κ1) is 20.6. The summed E-state index contributed by atoms with van der Waals surface area (Å²) in [5, 5.41) is 19.7. The molecule has 138 valence electrons. The van der Waals surface area contributed by atoms with Gasteiger partial charge < -0.3 is 25.6 Å². The monoisotopic (exact) mass is 373 g/mol. The van der Waals surface area contributed by atoms with E-state index in [-0.39, 0.29) is 30.1 Å². The predicted molar refractivity (Wildman–Crippen MR) is 80.7 cm³/mol. The lowest BCUT2D eigenvalue weighted by Crippen LogP contribution is -2.38. The number of aliphatic hydroxyl groups is 1. The highest BCUT2D eigenvalue weighted by Crippen LogP contribution is 2.16. The van der Waals surface area contributed by atoms with E-state index in [2.05, 4.69) is 25.2 Å². The predicted octanol–water partition coefficient (Wildman–Crippen LogP) is 1.25. The fourth-order valence-electron chi connectivity index (χ4n) is 1.53. The number of nitrogens with one attached hydrogen (secondary N) is 1. The molecule has 12 heteroatoms. The molecule has 1 rings (SSSR count). The van der Waals surface area contributed by atoms with Crippen molar-refractivity contribution in [3.63, 3.8) is 0 Å². The third-order valence-corrected chi connectivity index (χ3v) is 2.74. The number of aromatic nitrogens is 3.